The Hall–Kier alpha value is -2.08. The molecule has 1 aromatic heterocycles. The third kappa shape index (κ3) is 3.79. The lowest BCUT2D eigenvalue weighted by molar-refractivity contribution is 0.207. The van der Waals surface area contributed by atoms with Gasteiger partial charge in [-0.2, -0.15) is 5.10 Å². The zero-order valence-electron chi connectivity index (χ0n) is 15.0. The molecule has 2 heterocycles. The molecule has 1 saturated carbocycles. The first-order chi connectivity index (χ1) is 12.1. The number of hydrogen-bond acceptors (Lipinski definition) is 4. The van der Waals surface area contributed by atoms with Gasteiger partial charge in [-0.1, -0.05) is 12.1 Å². The fourth-order valence-corrected chi connectivity index (χ4v) is 3.35. The van der Waals surface area contributed by atoms with E-state index in [0.29, 0.717) is 5.92 Å². The number of fused-ring (bicyclic) bond motifs is 1. The first-order valence-corrected chi connectivity index (χ1v) is 9.23. The van der Waals surface area contributed by atoms with E-state index in [1.807, 2.05) is 30.5 Å². The highest BCUT2D eigenvalue weighted by Crippen LogP contribution is 2.30. The zero-order chi connectivity index (χ0) is 17.4. The maximum Gasteiger partial charge on any atom is 0.346 e. The minimum Gasteiger partial charge on any atom is -0.491 e. The molecule has 0 radical (unpaired) electrons. The average Bonchev–Trinajstić information content (AvgIpc) is 3.34. The molecule has 2 aliphatic rings. The molecule has 134 valence electrons. The summed E-state index contributed by atoms with van der Waals surface area (Å²) in [6, 6.07) is 8.29. The molecule has 1 aromatic carbocycles. The Balaban J connectivity index is 1.41. The molecule has 0 amide bonds. The molecule has 4 rings (SSSR count). The van der Waals surface area contributed by atoms with Gasteiger partial charge in [0.2, 0.25) is 0 Å². The molecule has 0 saturated heterocycles. The largest absolute Gasteiger partial charge is 0.491 e. The van der Waals surface area contributed by atoms with Crippen LogP contribution in [-0.4, -0.2) is 31.9 Å². The quantitative estimate of drug-likeness (QED) is 0.808. The van der Waals surface area contributed by atoms with Gasteiger partial charge < -0.3 is 4.74 Å². The number of nitrogens with zero attached hydrogens (tertiary/aromatic N) is 4. The molecule has 6 heteroatoms. The van der Waals surface area contributed by atoms with E-state index < -0.39 is 0 Å². The van der Waals surface area contributed by atoms with E-state index >= 15 is 0 Å². The first-order valence-electron chi connectivity index (χ1n) is 9.23. The number of benzene rings is 1. The maximum absolute atomic E-state index is 12.4. The summed E-state index contributed by atoms with van der Waals surface area (Å²) in [6.07, 6.45) is 2.66. The van der Waals surface area contributed by atoms with Crippen LogP contribution in [0, 0.1) is 5.92 Å². The van der Waals surface area contributed by atoms with Crippen LogP contribution in [-0.2, 0) is 26.2 Å². The Labute approximate surface area is 148 Å². The van der Waals surface area contributed by atoms with Crippen molar-refractivity contribution in [3.8, 4) is 5.75 Å². The molecule has 0 spiro atoms. The van der Waals surface area contributed by atoms with Crippen molar-refractivity contribution < 1.29 is 4.74 Å². The molecule has 0 unspecified atom stereocenters. The summed E-state index contributed by atoms with van der Waals surface area (Å²) in [5.41, 5.74) is 1.32. The van der Waals surface area contributed by atoms with E-state index in [1.165, 1.54) is 18.4 Å². The minimum absolute atomic E-state index is 0.0664. The zero-order valence-corrected chi connectivity index (χ0v) is 15.0. The van der Waals surface area contributed by atoms with Gasteiger partial charge in [0, 0.05) is 26.2 Å². The van der Waals surface area contributed by atoms with E-state index in [4.69, 9.17) is 4.74 Å². The van der Waals surface area contributed by atoms with Crippen molar-refractivity contribution in [2.45, 2.75) is 59.0 Å². The number of aromatic nitrogens is 3. The lowest BCUT2D eigenvalue weighted by Crippen LogP contribution is -2.37. The predicted molar refractivity (Wildman–Crippen MR) is 95.5 cm³/mol. The highest BCUT2D eigenvalue weighted by Gasteiger charge is 2.26. The van der Waals surface area contributed by atoms with E-state index in [0.717, 1.165) is 44.3 Å². The molecule has 1 fully saturated rings. The summed E-state index contributed by atoms with van der Waals surface area (Å²) in [7, 11) is 0. The standard InChI is InChI=1S/C19H26N4O2/c1-14(2)25-17-7-5-15(6-8-17)11-21-9-10-22-18(13-21)20-23(19(22)24)12-16-3-4-16/h5-8,14,16H,3-4,9-13H2,1-2H3. The highest BCUT2D eigenvalue weighted by atomic mass is 16.5. The van der Waals surface area contributed by atoms with Crippen LogP contribution in [0.5, 0.6) is 5.75 Å². The molecule has 2 aromatic rings. The van der Waals surface area contributed by atoms with Gasteiger partial charge in [-0.3, -0.25) is 9.47 Å². The van der Waals surface area contributed by atoms with Crippen LogP contribution < -0.4 is 10.4 Å². The third-order valence-electron chi connectivity index (χ3n) is 4.83. The summed E-state index contributed by atoms with van der Waals surface area (Å²) in [6.45, 7) is 8.06. The van der Waals surface area contributed by atoms with E-state index in [2.05, 4.69) is 22.1 Å². The smallest absolute Gasteiger partial charge is 0.346 e. The molecule has 1 aliphatic heterocycles. The van der Waals surface area contributed by atoms with Crippen LogP contribution in [0.2, 0.25) is 0 Å². The maximum atomic E-state index is 12.4. The van der Waals surface area contributed by atoms with Gasteiger partial charge in [-0.25, -0.2) is 9.48 Å². The number of hydrogen-bond donors (Lipinski definition) is 0. The van der Waals surface area contributed by atoms with Crippen molar-refractivity contribution in [3.05, 3.63) is 46.1 Å². The van der Waals surface area contributed by atoms with Crippen molar-refractivity contribution >= 4 is 0 Å². The number of ether oxygens (including phenoxy) is 1. The third-order valence-corrected chi connectivity index (χ3v) is 4.83. The first kappa shape index (κ1) is 16.4. The Morgan fingerprint density at radius 1 is 1.20 bits per heavy atom. The summed E-state index contributed by atoms with van der Waals surface area (Å²) in [5, 5.41) is 4.57. The molecule has 0 bridgehead atoms. The Morgan fingerprint density at radius 3 is 2.64 bits per heavy atom. The van der Waals surface area contributed by atoms with Crippen molar-refractivity contribution in [2.75, 3.05) is 6.54 Å². The van der Waals surface area contributed by atoms with Gasteiger partial charge in [-0.05, 0) is 50.3 Å². The molecule has 0 N–H and O–H groups in total. The van der Waals surface area contributed by atoms with Gasteiger partial charge in [0.15, 0.2) is 0 Å². The van der Waals surface area contributed by atoms with Crippen LogP contribution in [0.3, 0.4) is 0 Å². The number of rotatable bonds is 6. The van der Waals surface area contributed by atoms with Crippen LogP contribution in [0.4, 0.5) is 0 Å². The van der Waals surface area contributed by atoms with Gasteiger partial charge in [-0.15, -0.1) is 0 Å². The molecule has 25 heavy (non-hydrogen) atoms. The predicted octanol–water partition coefficient (Wildman–Crippen LogP) is 2.26. The highest BCUT2D eigenvalue weighted by molar-refractivity contribution is 5.27. The van der Waals surface area contributed by atoms with Crippen LogP contribution in [0.1, 0.15) is 38.1 Å². The second-order valence-corrected chi connectivity index (χ2v) is 7.50. The molecule has 6 nitrogen and oxygen atoms in total. The molecule has 0 atom stereocenters. The summed E-state index contributed by atoms with van der Waals surface area (Å²) < 4.78 is 9.21. The van der Waals surface area contributed by atoms with Crippen molar-refractivity contribution in [3.63, 3.8) is 0 Å². The Morgan fingerprint density at radius 2 is 1.96 bits per heavy atom. The Kier molecular flexibility index (Phi) is 4.37. The monoisotopic (exact) mass is 342 g/mol. The molecular formula is C19H26N4O2. The topological polar surface area (TPSA) is 52.3 Å². The van der Waals surface area contributed by atoms with Crippen LogP contribution in [0.25, 0.3) is 0 Å². The van der Waals surface area contributed by atoms with E-state index in [9.17, 15) is 4.79 Å². The SMILES string of the molecule is CC(C)Oc1ccc(CN2CCn3c(nn(CC4CC4)c3=O)C2)cc1. The lowest BCUT2D eigenvalue weighted by atomic mass is 10.2. The van der Waals surface area contributed by atoms with Crippen molar-refractivity contribution in [1.82, 2.24) is 19.2 Å². The van der Waals surface area contributed by atoms with Gasteiger partial charge in [0.05, 0.1) is 12.6 Å². The average molecular weight is 342 g/mol. The second-order valence-electron chi connectivity index (χ2n) is 7.50. The summed E-state index contributed by atoms with van der Waals surface area (Å²) in [4.78, 5) is 14.7. The second kappa shape index (κ2) is 6.67. The van der Waals surface area contributed by atoms with Crippen LogP contribution >= 0.6 is 0 Å². The van der Waals surface area contributed by atoms with E-state index in [1.54, 1.807) is 4.68 Å². The van der Waals surface area contributed by atoms with Crippen molar-refractivity contribution in [2.24, 2.45) is 5.92 Å². The summed E-state index contributed by atoms with van der Waals surface area (Å²) >= 11 is 0. The van der Waals surface area contributed by atoms with Gasteiger partial charge in [0.25, 0.3) is 0 Å². The van der Waals surface area contributed by atoms with Gasteiger partial charge in [0.1, 0.15) is 11.6 Å². The lowest BCUT2D eigenvalue weighted by Gasteiger charge is -2.26. The normalized spacial score (nSPS) is 17.7. The van der Waals surface area contributed by atoms with E-state index in [-0.39, 0.29) is 11.8 Å². The van der Waals surface area contributed by atoms with Gasteiger partial charge >= 0.3 is 5.69 Å². The Bertz CT molecular complexity index is 787. The van der Waals surface area contributed by atoms with Crippen LogP contribution in [0.15, 0.2) is 29.1 Å². The summed E-state index contributed by atoms with van der Waals surface area (Å²) in [5.74, 6) is 2.47. The fraction of sp³-hybridized carbons (Fsp3) is 0.579. The fourth-order valence-electron chi connectivity index (χ4n) is 3.35. The van der Waals surface area contributed by atoms with Crippen molar-refractivity contribution in [1.29, 1.82) is 0 Å². The molecule has 1 aliphatic carbocycles. The minimum atomic E-state index is 0.0664. The molecular weight excluding hydrogens is 316 g/mol.